The molecule has 0 bridgehead atoms. The van der Waals surface area contributed by atoms with Gasteiger partial charge in [0, 0.05) is 55.4 Å². The Hall–Kier alpha value is -3.06. The van der Waals surface area contributed by atoms with Gasteiger partial charge in [-0.05, 0) is 31.2 Å². The summed E-state index contributed by atoms with van der Waals surface area (Å²) in [4.78, 5) is 8.69. The largest absolute Gasteiger partial charge is 0.369 e. The van der Waals surface area contributed by atoms with Crippen LogP contribution in [0.15, 0.2) is 61.4 Å². The van der Waals surface area contributed by atoms with Crippen LogP contribution in [0, 0.1) is 18.6 Å². The maximum atomic E-state index is 13.5. The van der Waals surface area contributed by atoms with Gasteiger partial charge in [0.15, 0.2) is 5.82 Å². The predicted octanol–water partition coefficient (Wildman–Crippen LogP) is 3.90. The summed E-state index contributed by atoms with van der Waals surface area (Å²) in [5.41, 5.74) is 2.68. The fourth-order valence-electron chi connectivity index (χ4n) is 3.88. The third-order valence-electron chi connectivity index (χ3n) is 5.38. The molecule has 7 heteroatoms. The Bertz CT molecular complexity index is 973. The topological polar surface area (TPSA) is 37.2 Å². The summed E-state index contributed by atoms with van der Waals surface area (Å²) in [7, 11) is 0. The monoisotopic (exact) mass is 395 g/mol. The molecule has 1 aliphatic rings. The lowest BCUT2D eigenvalue weighted by molar-refractivity contribution is 0.217. The van der Waals surface area contributed by atoms with E-state index in [2.05, 4.69) is 21.6 Å². The fourth-order valence-corrected chi connectivity index (χ4v) is 3.88. The molecule has 0 amide bonds. The number of anilines is 1. The van der Waals surface area contributed by atoms with Crippen molar-refractivity contribution >= 4 is 5.69 Å². The van der Waals surface area contributed by atoms with E-state index in [1.165, 1.54) is 12.1 Å². The summed E-state index contributed by atoms with van der Waals surface area (Å²) in [5.74, 6) is -0.329. The van der Waals surface area contributed by atoms with E-state index in [1.807, 2.05) is 47.0 Å². The maximum absolute atomic E-state index is 13.5. The van der Waals surface area contributed by atoms with Gasteiger partial charge in [-0.2, -0.15) is 5.10 Å². The first-order chi connectivity index (χ1) is 14.1. The van der Waals surface area contributed by atoms with E-state index in [0.29, 0.717) is 18.8 Å². The Morgan fingerprint density at radius 3 is 2.41 bits per heavy atom. The van der Waals surface area contributed by atoms with Crippen LogP contribution in [-0.2, 0) is 0 Å². The van der Waals surface area contributed by atoms with Gasteiger partial charge in [-0.1, -0.05) is 12.1 Å². The molecule has 2 aromatic heterocycles. The molecule has 1 aromatic carbocycles. The zero-order valence-electron chi connectivity index (χ0n) is 16.3. The summed E-state index contributed by atoms with van der Waals surface area (Å²) < 4.78 is 28.9. The smallest absolute Gasteiger partial charge is 0.153 e. The third kappa shape index (κ3) is 3.91. The van der Waals surface area contributed by atoms with Crippen LogP contribution in [0.25, 0.3) is 5.82 Å². The van der Waals surface area contributed by atoms with Crippen molar-refractivity contribution in [3.8, 4) is 5.82 Å². The lowest BCUT2D eigenvalue weighted by atomic mass is 10.1. The average molecular weight is 395 g/mol. The Kier molecular flexibility index (Phi) is 5.40. The maximum Gasteiger partial charge on any atom is 0.153 e. The lowest BCUT2D eigenvalue weighted by Gasteiger charge is -2.39. The highest BCUT2D eigenvalue weighted by molar-refractivity contribution is 5.47. The van der Waals surface area contributed by atoms with Gasteiger partial charge in [-0.25, -0.2) is 18.4 Å². The SMILES string of the molecule is C=CC(c1cnn(-c2ccccn2)c1C)N1CCN(c2cc(F)cc(F)c2)CC1. The molecule has 150 valence electrons. The van der Waals surface area contributed by atoms with Crippen molar-refractivity contribution in [1.29, 1.82) is 0 Å². The Labute approximate surface area is 168 Å². The van der Waals surface area contributed by atoms with Gasteiger partial charge < -0.3 is 4.90 Å². The number of piperazine rings is 1. The van der Waals surface area contributed by atoms with Crippen molar-refractivity contribution in [2.45, 2.75) is 13.0 Å². The second-order valence-corrected chi connectivity index (χ2v) is 7.12. The van der Waals surface area contributed by atoms with Crippen molar-refractivity contribution in [2.24, 2.45) is 0 Å². The second kappa shape index (κ2) is 8.13. The van der Waals surface area contributed by atoms with Crippen LogP contribution in [0.2, 0.25) is 0 Å². The number of benzene rings is 1. The molecular formula is C22H23F2N5. The zero-order chi connectivity index (χ0) is 20.4. The normalized spacial score (nSPS) is 16.0. The molecule has 0 radical (unpaired) electrons. The first kappa shape index (κ1) is 19.3. The molecular weight excluding hydrogens is 372 g/mol. The van der Waals surface area contributed by atoms with Gasteiger partial charge in [0.2, 0.25) is 0 Å². The molecule has 1 aliphatic heterocycles. The first-order valence-electron chi connectivity index (χ1n) is 9.60. The van der Waals surface area contributed by atoms with Gasteiger partial charge in [-0.3, -0.25) is 4.90 Å². The van der Waals surface area contributed by atoms with Gasteiger partial charge in [0.25, 0.3) is 0 Å². The van der Waals surface area contributed by atoms with E-state index in [9.17, 15) is 8.78 Å². The zero-order valence-corrected chi connectivity index (χ0v) is 16.3. The Morgan fingerprint density at radius 1 is 1.07 bits per heavy atom. The molecule has 0 N–H and O–H groups in total. The summed E-state index contributed by atoms with van der Waals surface area (Å²) in [6.45, 7) is 8.92. The summed E-state index contributed by atoms with van der Waals surface area (Å²) >= 11 is 0. The average Bonchev–Trinajstić information content (AvgIpc) is 3.10. The lowest BCUT2D eigenvalue weighted by Crippen LogP contribution is -2.47. The van der Waals surface area contributed by atoms with Gasteiger partial charge in [0.05, 0.1) is 12.2 Å². The van der Waals surface area contributed by atoms with Gasteiger partial charge in [-0.15, -0.1) is 6.58 Å². The molecule has 1 atom stereocenters. The molecule has 0 saturated carbocycles. The number of hydrogen-bond acceptors (Lipinski definition) is 4. The van der Waals surface area contributed by atoms with Gasteiger partial charge >= 0.3 is 0 Å². The van der Waals surface area contributed by atoms with E-state index < -0.39 is 11.6 Å². The Morgan fingerprint density at radius 2 is 1.79 bits per heavy atom. The van der Waals surface area contributed by atoms with Crippen molar-refractivity contribution in [3.05, 3.63) is 84.3 Å². The molecule has 0 spiro atoms. The van der Waals surface area contributed by atoms with E-state index >= 15 is 0 Å². The van der Waals surface area contributed by atoms with E-state index in [4.69, 9.17) is 0 Å². The summed E-state index contributed by atoms with van der Waals surface area (Å²) in [5, 5.41) is 4.52. The van der Waals surface area contributed by atoms with Crippen LogP contribution in [0.1, 0.15) is 17.3 Å². The van der Waals surface area contributed by atoms with Crippen molar-refractivity contribution in [3.63, 3.8) is 0 Å². The Balaban J connectivity index is 1.50. The summed E-state index contributed by atoms with van der Waals surface area (Å²) in [6, 6.07) is 9.40. The number of nitrogens with zero attached hydrogens (tertiary/aromatic N) is 5. The number of rotatable bonds is 5. The highest BCUT2D eigenvalue weighted by atomic mass is 19.1. The van der Waals surface area contributed by atoms with Gasteiger partial charge in [0.1, 0.15) is 11.6 Å². The number of pyridine rings is 1. The van der Waals surface area contributed by atoms with Crippen molar-refractivity contribution < 1.29 is 8.78 Å². The minimum Gasteiger partial charge on any atom is -0.369 e. The predicted molar refractivity (Wildman–Crippen MR) is 109 cm³/mol. The minimum atomic E-state index is -0.552. The number of hydrogen-bond donors (Lipinski definition) is 0. The quantitative estimate of drug-likeness (QED) is 0.614. The van der Waals surface area contributed by atoms with Crippen molar-refractivity contribution in [1.82, 2.24) is 19.7 Å². The standard InChI is InChI=1S/C22H23F2N5/c1-3-21(20-15-26-29(16(20)2)22-6-4-5-7-25-22)28-10-8-27(9-11-28)19-13-17(23)12-18(24)14-19/h3-7,12-15,21H,1,8-11H2,2H3. The summed E-state index contributed by atoms with van der Waals surface area (Å²) in [6.07, 6.45) is 5.53. The minimum absolute atomic E-state index is 0.0128. The van der Waals surface area contributed by atoms with E-state index in [-0.39, 0.29) is 6.04 Å². The van der Waals surface area contributed by atoms with Crippen LogP contribution < -0.4 is 4.90 Å². The number of halogens is 2. The molecule has 3 aromatic rings. The van der Waals surface area contributed by atoms with E-state index in [1.54, 1.807) is 6.20 Å². The van der Waals surface area contributed by atoms with Crippen LogP contribution in [0.4, 0.5) is 14.5 Å². The van der Waals surface area contributed by atoms with E-state index in [0.717, 1.165) is 36.2 Å². The molecule has 1 fully saturated rings. The highest BCUT2D eigenvalue weighted by Gasteiger charge is 2.26. The second-order valence-electron chi connectivity index (χ2n) is 7.12. The van der Waals surface area contributed by atoms with Crippen molar-refractivity contribution in [2.75, 3.05) is 31.1 Å². The number of aromatic nitrogens is 3. The fraction of sp³-hybridized carbons (Fsp3) is 0.273. The molecule has 3 heterocycles. The van der Waals surface area contributed by atoms with Crippen LogP contribution >= 0.6 is 0 Å². The molecule has 4 rings (SSSR count). The molecule has 0 aliphatic carbocycles. The van der Waals surface area contributed by atoms with Crippen LogP contribution in [0.3, 0.4) is 0 Å². The highest BCUT2D eigenvalue weighted by Crippen LogP contribution is 2.28. The molecule has 1 saturated heterocycles. The first-order valence-corrected chi connectivity index (χ1v) is 9.60. The molecule has 29 heavy (non-hydrogen) atoms. The van der Waals surface area contributed by atoms with Crippen LogP contribution in [0.5, 0.6) is 0 Å². The third-order valence-corrected chi connectivity index (χ3v) is 5.38. The molecule has 1 unspecified atom stereocenters. The van der Waals surface area contributed by atoms with Crippen LogP contribution in [-0.4, -0.2) is 45.8 Å². The molecule has 5 nitrogen and oxygen atoms in total.